The van der Waals surface area contributed by atoms with Crippen molar-refractivity contribution < 1.29 is 26.4 Å². The molecule has 6 nitrogen and oxygen atoms in total. The van der Waals surface area contributed by atoms with Crippen molar-refractivity contribution >= 4 is 27.3 Å². The fourth-order valence-electron chi connectivity index (χ4n) is 3.52. The molecule has 1 aliphatic heterocycles. The Bertz CT molecular complexity index is 1340. The van der Waals surface area contributed by atoms with Crippen molar-refractivity contribution in [3.8, 4) is 0 Å². The number of amides is 1. The Morgan fingerprint density at radius 1 is 1.00 bits per heavy atom. The minimum absolute atomic E-state index is 0.148. The quantitative estimate of drug-likeness (QED) is 0.499. The second-order valence-corrected chi connectivity index (χ2v) is 9.41. The molecule has 0 saturated heterocycles. The number of hydrogen-bond donors (Lipinski definition) is 3. The summed E-state index contributed by atoms with van der Waals surface area (Å²) in [6, 6.07) is 14.1. The molecule has 33 heavy (non-hydrogen) atoms. The predicted molar refractivity (Wildman–Crippen MR) is 118 cm³/mol. The molecule has 1 amide bonds. The van der Waals surface area contributed by atoms with Gasteiger partial charge in [-0.2, -0.15) is 17.9 Å². The van der Waals surface area contributed by atoms with E-state index in [-0.39, 0.29) is 16.5 Å². The van der Waals surface area contributed by atoms with Crippen molar-refractivity contribution in [3.63, 3.8) is 0 Å². The van der Waals surface area contributed by atoms with E-state index >= 15 is 0 Å². The zero-order chi connectivity index (χ0) is 24.0. The van der Waals surface area contributed by atoms with E-state index < -0.39 is 27.9 Å². The number of carbonyl (C=O) groups excluding carboxylic acids is 1. The number of rotatable bonds is 3. The van der Waals surface area contributed by atoms with Crippen LogP contribution in [0.15, 0.2) is 65.6 Å². The van der Waals surface area contributed by atoms with Crippen molar-refractivity contribution in [2.75, 3.05) is 10.6 Å². The van der Waals surface area contributed by atoms with E-state index in [1.165, 1.54) is 24.3 Å². The van der Waals surface area contributed by atoms with Crippen molar-refractivity contribution in [1.29, 1.82) is 0 Å². The third-order valence-electron chi connectivity index (χ3n) is 5.53. The molecule has 172 valence electrons. The zero-order valence-electron chi connectivity index (χ0n) is 17.6. The first-order chi connectivity index (χ1) is 15.5. The first kappa shape index (κ1) is 22.8. The summed E-state index contributed by atoms with van der Waals surface area (Å²) >= 11 is 0. The molecule has 1 atom stereocenters. The molecule has 0 saturated carbocycles. The molecular formula is C23H20F3N3O3S. The second-order valence-electron chi connectivity index (χ2n) is 7.73. The Morgan fingerprint density at radius 3 is 2.36 bits per heavy atom. The lowest BCUT2D eigenvalue weighted by molar-refractivity contribution is -0.137. The number of benzene rings is 3. The number of fused-ring (bicyclic) bond motifs is 1. The lowest BCUT2D eigenvalue weighted by atomic mass is 10.1. The Balaban J connectivity index is 1.57. The summed E-state index contributed by atoms with van der Waals surface area (Å²) in [7, 11) is -4.04. The molecule has 1 heterocycles. The monoisotopic (exact) mass is 475 g/mol. The normalized spacial score (nSPS) is 17.1. The van der Waals surface area contributed by atoms with Gasteiger partial charge in [0.25, 0.3) is 5.91 Å². The van der Waals surface area contributed by atoms with E-state index in [1.54, 1.807) is 6.07 Å². The number of alkyl halides is 3. The van der Waals surface area contributed by atoms with E-state index in [4.69, 9.17) is 0 Å². The number of halogens is 3. The Morgan fingerprint density at radius 2 is 1.70 bits per heavy atom. The summed E-state index contributed by atoms with van der Waals surface area (Å²) < 4.78 is 66.7. The molecule has 3 aromatic carbocycles. The van der Waals surface area contributed by atoms with E-state index in [1.807, 2.05) is 26.0 Å². The highest BCUT2D eigenvalue weighted by molar-refractivity contribution is 7.89. The number of hydrogen-bond acceptors (Lipinski definition) is 4. The predicted octanol–water partition coefficient (Wildman–Crippen LogP) is 4.98. The molecule has 0 bridgehead atoms. The van der Waals surface area contributed by atoms with Crippen LogP contribution >= 0.6 is 0 Å². The van der Waals surface area contributed by atoms with E-state index in [2.05, 4.69) is 15.4 Å². The van der Waals surface area contributed by atoms with Gasteiger partial charge < -0.3 is 10.6 Å². The number of carbonyl (C=O) groups is 1. The molecule has 0 radical (unpaired) electrons. The summed E-state index contributed by atoms with van der Waals surface area (Å²) in [6.07, 6.45) is -5.60. The second kappa shape index (κ2) is 8.20. The highest BCUT2D eigenvalue weighted by atomic mass is 32.2. The summed E-state index contributed by atoms with van der Waals surface area (Å²) in [4.78, 5) is 12.4. The number of nitrogens with one attached hydrogen (secondary N) is 3. The number of anilines is 2. The van der Waals surface area contributed by atoms with Gasteiger partial charge in [-0.25, -0.2) is 8.42 Å². The summed E-state index contributed by atoms with van der Waals surface area (Å²) in [6.45, 7) is 3.84. The molecule has 10 heteroatoms. The molecule has 1 aliphatic rings. The summed E-state index contributed by atoms with van der Waals surface area (Å²) in [5.74, 6) is -0.340. The fraction of sp³-hybridized carbons (Fsp3) is 0.174. The number of sulfonamides is 1. The van der Waals surface area contributed by atoms with Crippen LogP contribution in [0.2, 0.25) is 0 Å². The topological polar surface area (TPSA) is 87.3 Å². The minimum Gasteiger partial charge on any atom is -0.364 e. The van der Waals surface area contributed by atoms with Crippen LogP contribution in [-0.4, -0.2) is 14.3 Å². The van der Waals surface area contributed by atoms with Crippen LogP contribution in [0.1, 0.15) is 38.8 Å². The molecule has 0 fully saturated rings. The van der Waals surface area contributed by atoms with Gasteiger partial charge >= 0.3 is 6.18 Å². The summed E-state index contributed by atoms with van der Waals surface area (Å²) in [5.41, 5.74) is 2.34. The number of aryl methyl sites for hydroxylation is 1. The molecule has 0 unspecified atom stereocenters. The highest BCUT2D eigenvalue weighted by Crippen LogP contribution is 2.37. The van der Waals surface area contributed by atoms with Crippen LogP contribution < -0.4 is 15.4 Å². The van der Waals surface area contributed by atoms with Crippen LogP contribution in [0.4, 0.5) is 24.5 Å². The Labute approximate surface area is 188 Å². The van der Waals surface area contributed by atoms with Crippen LogP contribution in [0, 0.1) is 13.8 Å². The molecule has 3 aromatic rings. The van der Waals surface area contributed by atoms with E-state index in [0.717, 1.165) is 29.3 Å². The maximum absolute atomic E-state index is 13.1. The average molecular weight is 475 g/mol. The van der Waals surface area contributed by atoms with Gasteiger partial charge in [0.05, 0.1) is 11.3 Å². The molecule has 0 spiro atoms. The van der Waals surface area contributed by atoms with Gasteiger partial charge in [-0.3, -0.25) is 4.79 Å². The lowest BCUT2D eigenvalue weighted by Crippen LogP contribution is -2.38. The summed E-state index contributed by atoms with van der Waals surface area (Å²) in [5, 5.41) is 5.63. The van der Waals surface area contributed by atoms with E-state index in [0.29, 0.717) is 16.8 Å². The lowest BCUT2D eigenvalue weighted by Gasteiger charge is -2.29. The van der Waals surface area contributed by atoms with Crippen molar-refractivity contribution in [2.45, 2.75) is 31.1 Å². The zero-order valence-corrected chi connectivity index (χ0v) is 18.4. The molecule has 0 aromatic heterocycles. The van der Waals surface area contributed by atoms with Crippen LogP contribution in [0.25, 0.3) is 0 Å². The molecular weight excluding hydrogens is 455 g/mol. The average Bonchev–Trinajstić information content (AvgIpc) is 2.75. The Hall–Kier alpha value is -3.37. The first-order valence-electron chi connectivity index (χ1n) is 9.93. The third kappa shape index (κ3) is 4.57. The van der Waals surface area contributed by atoms with Gasteiger partial charge in [0.2, 0.25) is 10.0 Å². The highest BCUT2D eigenvalue weighted by Gasteiger charge is 2.35. The minimum atomic E-state index is -4.61. The van der Waals surface area contributed by atoms with Crippen molar-refractivity contribution in [1.82, 2.24) is 4.72 Å². The van der Waals surface area contributed by atoms with Crippen molar-refractivity contribution in [2.24, 2.45) is 0 Å². The van der Waals surface area contributed by atoms with E-state index in [9.17, 15) is 26.4 Å². The van der Waals surface area contributed by atoms with Crippen molar-refractivity contribution in [3.05, 3.63) is 88.5 Å². The molecule has 4 rings (SSSR count). The standard InChI is InChI=1S/C23H20F3N3O3S/c1-13-4-3-5-18(14(13)2)28-22(30)16-8-6-15(7-9-16)21-27-19-12-17(23(24,25)26)10-11-20(19)33(31,32)29-21/h3-12,21,27,29H,1-2H3,(H,28,30)/t21-/m1/s1. The van der Waals surface area contributed by atoms with Crippen LogP contribution in [-0.2, 0) is 16.2 Å². The van der Waals surface area contributed by atoms with Gasteiger partial charge in [0.15, 0.2) is 0 Å². The molecule has 3 N–H and O–H groups in total. The van der Waals surface area contributed by atoms with Gasteiger partial charge in [-0.05, 0) is 66.9 Å². The molecule has 0 aliphatic carbocycles. The SMILES string of the molecule is Cc1cccc(NC(=O)c2ccc([C@@H]3Nc4cc(C(F)(F)F)ccc4S(=O)(=O)N3)cc2)c1C. The van der Waals surface area contributed by atoms with Crippen LogP contribution in [0.3, 0.4) is 0 Å². The first-order valence-corrected chi connectivity index (χ1v) is 11.4. The fourth-order valence-corrected chi connectivity index (χ4v) is 4.80. The smallest absolute Gasteiger partial charge is 0.364 e. The van der Waals surface area contributed by atoms with Crippen LogP contribution in [0.5, 0.6) is 0 Å². The van der Waals surface area contributed by atoms with Gasteiger partial charge in [0, 0.05) is 11.3 Å². The van der Waals surface area contributed by atoms with Gasteiger partial charge in [-0.1, -0.05) is 24.3 Å². The Kier molecular flexibility index (Phi) is 5.67. The largest absolute Gasteiger partial charge is 0.416 e. The van der Waals surface area contributed by atoms with Gasteiger partial charge in [-0.15, -0.1) is 0 Å². The van der Waals surface area contributed by atoms with Gasteiger partial charge in [0.1, 0.15) is 11.1 Å². The third-order valence-corrected chi connectivity index (χ3v) is 7.01. The maximum atomic E-state index is 13.1. The maximum Gasteiger partial charge on any atom is 0.416 e.